The number of hydrogen-bond donors (Lipinski definition) is 2. The van der Waals surface area contributed by atoms with Crippen LogP contribution in [0.3, 0.4) is 0 Å². The highest BCUT2D eigenvalue weighted by molar-refractivity contribution is 5.79. The van der Waals surface area contributed by atoms with Gasteiger partial charge in [0.1, 0.15) is 0 Å². The zero-order valence-electron chi connectivity index (χ0n) is 19.5. The minimum absolute atomic E-state index is 0.480. The summed E-state index contributed by atoms with van der Waals surface area (Å²) in [5.41, 5.74) is 3.81. The fourth-order valence-electron chi connectivity index (χ4n) is 3.50. The van der Waals surface area contributed by atoms with Crippen LogP contribution in [0.4, 0.5) is 0 Å². The maximum atomic E-state index is 4.76. The van der Waals surface area contributed by atoms with Crippen LogP contribution in [-0.4, -0.2) is 46.6 Å². The summed E-state index contributed by atoms with van der Waals surface area (Å²) in [7, 11) is 2.19. The second kappa shape index (κ2) is 12.7. The van der Waals surface area contributed by atoms with Crippen molar-refractivity contribution >= 4 is 5.96 Å². The number of benzene rings is 2. The Bertz CT molecular complexity index is 919. The normalized spacial score (nSPS) is 12.7. The summed E-state index contributed by atoms with van der Waals surface area (Å²) in [4.78, 5) is 11.3. The molecule has 6 heteroatoms. The lowest BCUT2D eigenvalue weighted by molar-refractivity contribution is 0.238. The summed E-state index contributed by atoms with van der Waals surface area (Å²) in [6.45, 7) is 8.56. The molecule has 3 aromatic rings. The van der Waals surface area contributed by atoms with E-state index in [0.29, 0.717) is 12.6 Å². The van der Waals surface area contributed by atoms with E-state index in [1.807, 2.05) is 12.5 Å². The van der Waals surface area contributed by atoms with Gasteiger partial charge in [0.25, 0.3) is 0 Å². The third kappa shape index (κ3) is 7.85. The van der Waals surface area contributed by atoms with Crippen molar-refractivity contribution < 1.29 is 0 Å². The van der Waals surface area contributed by atoms with Gasteiger partial charge in [0, 0.05) is 44.6 Å². The summed E-state index contributed by atoms with van der Waals surface area (Å²) in [5, 5.41) is 6.84. The monoisotopic (exact) mass is 432 g/mol. The molecular formula is C26H36N6. The molecule has 1 unspecified atom stereocenters. The van der Waals surface area contributed by atoms with Gasteiger partial charge in [-0.2, -0.15) is 0 Å². The molecule has 0 fully saturated rings. The van der Waals surface area contributed by atoms with Gasteiger partial charge in [-0.15, -0.1) is 0 Å². The van der Waals surface area contributed by atoms with Gasteiger partial charge in [0.15, 0.2) is 5.96 Å². The Morgan fingerprint density at radius 1 is 1.03 bits per heavy atom. The van der Waals surface area contributed by atoms with E-state index in [-0.39, 0.29) is 0 Å². The molecule has 1 heterocycles. The van der Waals surface area contributed by atoms with Crippen LogP contribution in [0.15, 0.2) is 78.3 Å². The first-order valence-corrected chi connectivity index (χ1v) is 11.4. The first-order chi connectivity index (χ1) is 15.6. The van der Waals surface area contributed by atoms with Gasteiger partial charge in [-0.1, -0.05) is 54.6 Å². The van der Waals surface area contributed by atoms with E-state index in [4.69, 9.17) is 4.99 Å². The van der Waals surface area contributed by atoms with Crippen LogP contribution in [0.1, 0.15) is 37.0 Å². The van der Waals surface area contributed by atoms with Crippen molar-refractivity contribution in [1.82, 2.24) is 25.1 Å². The first kappa shape index (κ1) is 23.5. The average Bonchev–Trinajstić information content (AvgIpc) is 3.32. The van der Waals surface area contributed by atoms with Crippen molar-refractivity contribution in [3.63, 3.8) is 0 Å². The maximum absolute atomic E-state index is 4.76. The quantitative estimate of drug-likeness (QED) is 0.356. The average molecular weight is 433 g/mol. The third-order valence-corrected chi connectivity index (χ3v) is 5.59. The van der Waals surface area contributed by atoms with E-state index in [9.17, 15) is 0 Å². The second-order valence-electron chi connectivity index (χ2n) is 8.21. The second-order valence-corrected chi connectivity index (χ2v) is 8.21. The summed E-state index contributed by atoms with van der Waals surface area (Å²) >= 11 is 0. The summed E-state index contributed by atoms with van der Waals surface area (Å²) in [6.07, 6.45) is 6.68. The highest BCUT2D eigenvalue weighted by atomic mass is 15.2. The molecule has 0 bridgehead atoms. The van der Waals surface area contributed by atoms with Gasteiger partial charge < -0.3 is 15.2 Å². The fourth-order valence-corrected chi connectivity index (χ4v) is 3.50. The van der Waals surface area contributed by atoms with Crippen molar-refractivity contribution in [2.24, 2.45) is 4.99 Å². The number of aliphatic imine (C=N–C) groups is 1. The lowest BCUT2D eigenvalue weighted by atomic mass is 10.1. The van der Waals surface area contributed by atoms with E-state index < -0.39 is 0 Å². The topological polar surface area (TPSA) is 57.5 Å². The zero-order chi connectivity index (χ0) is 22.6. The van der Waals surface area contributed by atoms with Crippen LogP contribution in [-0.2, 0) is 19.6 Å². The Kier molecular flexibility index (Phi) is 9.32. The van der Waals surface area contributed by atoms with Gasteiger partial charge in [0.05, 0.1) is 12.9 Å². The molecule has 1 atom stereocenters. The Morgan fingerprint density at radius 3 is 2.47 bits per heavy atom. The number of imidazole rings is 1. The van der Waals surface area contributed by atoms with E-state index in [1.165, 1.54) is 16.7 Å². The fraction of sp³-hybridized carbons (Fsp3) is 0.385. The molecule has 0 amide bonds. The van der Waals surface area contributed by atoms with Gasteiger partial charge in [-0.25, -0.2) is 9.98 Å². The lowest BCUT2D eigenvalue weighted by Crippen LogP contribution is -2.40. The highest BCUT2D eigenvalue weighted by Gasteiger charge is 2.10. The molecule has 0 saturated carbocycles. The van der Waals surface area contributed by atoms with Crippen LogP contribution in [0, 0.1) is 0 Å². The number of guanidine groups is 1. The predicted molar refractivity (Wildman–Crippen MR) is 133 cm³/mol. The van der Waals surface area contributed by atoms with Crippen molar-refractivity contribution in [3.05, 3.63) is 90.0 Å². The zero-order valence-corrected chi connectivity index (χ0v) is 19.5. The minimum Gasteiger partial charge on any atom is -0.357 e. The van der Waals surface area contributed by atoms with Crippen molar-refractivity contribution in [1.29, 1.82) is 0 Å². The number of nitrogens with zero attached hydrogens (tertiary/aromatic N) is 4. The lowest BCUT2D eigenvalue weighted by Gasteiger charge is -2.25. The van der Waals surface area contributed by atoms with Gasteiger partial charge in [0.2, 0.25) is 0 Å². The molecule has 0 saturated heterocycles. The van der Waals surface area contributed by atoms with Crippen LogP contribution >= 0.6 is 0 Å². The third-order valence-electron chi connectivity index (χ3n) is 5.59. The Labute approximate surface area is 192 Å². The minimum atomic E-state index is 0.480. The molecule has 32 heavy (non-hydrogen) atoms. The molecule has 170 valence electrons. The molecule has 2 aromatic carbocycles. The number of hydrogen-bond acceptors (Lipinski definition) is 3. The molecule has 2 N–H and O–H groups in total. The summed E-state index contributed by atoms with van der Waals surface area (Å²) in [6, 6.07) is 19.7. The largest absolute Gasteiger partial charge is 0.357 e. The number of aromatic nitrogens is 2. The Hall–Kier alpha value is -3.12. The van der Waals surface area contributed by atoms with Crippen molar-refractivity contribution in [3.8, 4) is 0 Å². The SMILES string of the molecule is CCNC(=NCc1ccc(Cn2ccnc2)cc1)NCCC(C)N(C)Cc1ccccc1. The molecule has 1 aromatic heterocycles. The summed E-state index contributed by atoms with van der Waals surface area (Å²) < 4.78 is 2.07. The number of nitrogens with one attached hydrogen (secondary N) is 2. The first-order valence-electron chi connectivity index (χ1n) is 11.4. The predicted octanol–water partition coefficient (Wildman–Crippen LogP) is 3.90. The molecule has 3 rings (SSSR count). The van der Waals surface area contributed by atoms with Gasteiger partial charge >= 0.3 is 0 Å². The molecule has 0 spiro atoms. The highest BCUT2D eigenvalue weighted by Crippen LogP contribution is 2.09. The van der Waals surface area contributed by atoms with E-state index in [1.54, 1.807) is 6.20 Å². The molecule has 6 nitrogen and oxygen atoms in total. The number of rotatable bonds is 11. The molecular weight excluding hydrogens is 396 g/mol. The van der Waals surface area contributed by atoms with Crippen molar-refractivity contribution in [2.75, 3.05) is 20.1 Å². The maximum Gasteiger partial charge on any atom is 0.191 e. The van der Waals surface area contributed by atoms with E-state index in [2.05, 4.69) is 101 Å². The van der Waals surface area contributed by atoms with E-state index in [0.717, 1.165) is 38.6 Å². The summed E-state index contributed by atoms with van der Waals surface area (Å²) in [5.74, 6) is 0.868. The van der Waals surface area contributed by atoms with Crippen LogP contribution in [0.5, 0.6) is 0 Å². The Balaban J connectivity index is 1.44. The molecule has 0 aliphatic rings. The standard InChI is InChI=1S/C26H36N6/c1-4-28-26(29-15-14-22(2)31(3)19-24-8-6-5-7-9-24)30-18-23-10-12-25(13-11-23)20-32-17-16-27-21-32/h5-13,16-17,21-22H,4,14-15,18-20H2,1-3H3,(H2,28,29,30). The Morgan fingerprint density at radius 2 is 1.78 bits per heavy atom. The molecule has 0 aliphatic heterocycles. The van der Waals surface area contributed by atoms with Crippen LogP contribution in [0.2, 0.25) is 0 Å². The van der Waals surface area contributed by atoms with Crippen molar-refractivity contribution in [2.45, 2.75) is 45.9 Å². The van der Waals surface area contributed by atoms with E-state index >= 15 is 0 Å². The van der Waals surface area contributed by atoms with Crippen LogP contribution < -0.4 is 10.6 Å². The smallest absolute Gasteiger partial charge is 0.191 e. The van der Waals surface area contributed by atoms with Crippen LogP contribution in [0.25, 0.3) is 0 Å². The molecule has 0 aliphatic carbocycles. The van der Waals surface area contributed by atoms with Gasteiger partial charge in [-0.3, -0.25) is 4.90 Å². The molecule has 0 radical (unpaired) electrons. The van der Waals surface area contributed by atoms with Gasteiger partial charge in [-0.05, 0) is 44.0 Å².